The number of hydrazone groups is 1. The van der Waals surface area contributed by atoms with E-state index in [1.165, 1.54) is 19.4 Å². The molecule has 39 heavy (non-hydrogen) atoms. The molecule has 0 unspecified atom stereocenters. The van der Waals surface area contributed by atoms with E-state index in [2.05, 4.69) is 21.2 Å². The minimum atomic E-state index is -0.981. The zero-order chi connectivity index (χ0) is 28.4. The Hall–Kier alpha value is -4.57. The lowest BCUT2D eigenvalue weighted by atomic mass is 10.1. The van der Waals surface area contributed by atoms with E-state index in [9.17, 15) is 14.4 Å². The maximum absolute atomic E-state index is 12.4. The van der Waals surface area contributed by atoms with Crippen molar-refractivity contribution in [3.63, 3.8) is 0 Å². The first-order valence-electron chi connectivity index (χ1n) is 12.0. The Labute approximate surface area is 231 Å². The largest absolute Gasteiger partial charge is 0.493 e. The first-order valence-corrected chi connectivity index (χ1v) is 12.3. The molecule has 0 radical (unpaired) electrons. The lowest BCUT2D eigenvalue weighted by Gasteiger charge is -2.14. The van der Waals surface area contributed by atoms with Crippen LogP contribution >= 0.6 is 11.6 Å². The molecule has 0 atom stereocenters. The summed E-state index contributed by atoms with van der Waals surface area (Å²) in [5, 5.41) is 9.25. The fourth-order valence-electron chi connectivity index (χ4n) is 3.48. The zero-order valence-corrected chi connectivity index (χ0v) is 22.7. The molecule has 11 heteroatoms. The fraction of sp³-hybridized carbons (Fsp3) is 0.214. The summed E-state index contributed by atoms with van der Waals surface area (Å²) in [7, 11) is 1.42. The highest BCUT2D eigenvalue weighted by molar-refractivity contribution is 6.39. The van der Waals surface area contributed by atoms with Gasteiger partial charge in [0.15, 0.2) is 18.1 Å². The Morgan fingerprint density at radius 2 is 1.69 bits per heavy atom. The van der Waals surface area contributed by atoms with E-state index >= 15 is 0 Å². The number of hydrogen-bond donors (Lipinski definition) is 3. The van der Waals surface area contributed by atoms with Crippen molar-refractivity contribution >= 4 is 46.9 Å². The van der Waals surface area contributed by atoms with Crippen molar-refractivity contribution < 1.29 is 28.6 Å². The van der Waals surface area contributed by atoms with Crippen molar-refractivity contribution in [1.29, 1.82) is 0 Å². The second-order valence-corrected chi connectivity index (χ2v) is 8.68. The fourth-order valence-corrected chi connectivity index (χ4v) is 3.75. The average molecular weight is 553 g/mol. The van der Waals surface area contributed by atoms with Crippen LogP contribution in [0, 0.1) is 13.8 Å². The number of amides is 3. The number of aryl methyl sites for hydroxylation is 2. The van der Waals surface area contributed by atoms with Crippen LogP contribution < -0.4 is 30.3 Å². The molecule has 0 bridgehead atoms. The second kappa shape index (κ2) is 13.8. The van der Waals surface area contributed by atoms with Crippen molar-refractivity contribution in [2.75, 3.05) is 31.0 Å². The molecule has 0 aliphatic carbocycles. The third-order valence-electron chi connectivity index (χ3n) is 5.28. The van der Waals surface area contributed by atoms with E-state index in [4.69, 9.17) is 25.8 Å². The van der Waals surface area contributed by atoms with Crippen LogP contribution in [-0.4, -0.2) is 44.3 Å². The first-order chi connectivity index (χ1) is 18.7. The van der Waals surface area contributed by atoms with Gasteiger partial charge in [-0.05, 0) is 62.2 Å². The predicted molar refractivity (Wildman–Crippen MR) is 150 cm³/mol. The van der Waals surface area contributed by atoms with Crippen LogP contribution in [0.1, 0.15) is 23.6 Å². The minimum Gasteiger partial charge on any atom is -0.493 e. The molecule has 3 N–H and O–H groups in total. The Kier molecular flexibility index (Phi) is 10.3. The summed E-state index contributed by atoms with van der Waals surface area (Å²) >= 11 is 6.36. The van der Waals surface area contributed by atoms with Gasteiger partial charge in [-0.25, -0.2) is 5.43 Å². The molecule has 0 saturated carbocycles. The number of benzene rings is 3. The van der Waals surface area contributed by atoms with Crippen LogP contribution in [0.25, 0.3) is 0 Å². The van der Waals surface area contributed by atoms with Crippen molar-refractivity contribution in [2.24, 2.45) is 5.10 Å². The van der Waals surface area contributed by atoms with Crippen LogP contribution in [0.5, 0.6) is 17.2 Å². The number of methoxy groups -OCH3 is 1. The van der Waals surface area contributed by atoms with E-state index in [-0.39, 0.29) is 29.0 Å². The van der Waals surface area contributed by atoms with E-state index in [1.807, 2.05) is 39.0 Å². The van der Waals surface area contributed by atoms with E-state index in [1.54, 1.807) is 30.3 Å². The van der Waals surface area contributed by atoms with Gasteiger partial charge in [-0.1, -0.05) is 41.4 Å². The van der Waals surface area contributed by atoms with E-state index in [0.29, 0.717) is 29.3 Å². The molecule has 0 aliphatic rings. The minimum absolute atomic E-state index is 0.159. The summed E-state index contributed by atoms with van der Waals surface area (Å²) in [4.78, 5) is 36.8. The standard InChI is InChI=1S/C28H29ClN4O6/c1-5-38-23-9-7-6-8-22(23)32-27(35)28(36)33-30-15-19-13-20(29)26(24(14-19)37-4)39-16-25(34)31-21-11-10-17(2)12-18(21)3/h6-15H,5,16H2,1-4H3,(H,31,34)(H,32,35)(H,33,36)/b30-15-. The van der Waals surface area contributed by atoms with Gasteiger partial charge >= 0.3 is 11.8 Å². The number of para-hydroxylation sites is 2. The number of carbonyl (C=O) groups is 3. The Morgan fingerprint density at radius 1 is 0.923 bits per heavy atom. The molecule has 0 heterocycles. The maximum atomic E-state index is 12.4. The lowest BCUT2D eigenvalue weighted by Crippen LogP contribution is -2.32. The number of anilines is 2. The number of nitrogens with one attached hydrogen (secondary N) is 3. The molecule has 0 aliphatic heterocycles. The molecule has 0 spiro atoms. The van der Waals surface area contributed by atoms with Crippen molar-refractivity contribution in [2.45, 2.75) is 20.8 Å². The van der Waals surface area contributed by atoms with Gasteiger partial charge in [0.25, 0.3) is 5.91 Å². The number of halogens is 1. The molecule has 3 aromatic rings. The normalized spacial score (nSPS) is 10.6. The maximum Gasteiger partial charge on any atom is 0.329 e. The second-order valence-electron chi connectivity index (χ2n) is 8.27. The average Bonchev–Trinajstić information content (AvgIpc) is 2.90. The molecule has 3 amide bonds. The van der Waals surface area contributed by atoms with Crippen LogP contribution in [-0.2, 0) is 14.4 Å². The van der Waals surface area contributed by atoms with Gasteiger partial charge in [0.1, 0.15) is 5.75 Å². The Balaban J connectivity index is 1.59. The van der Waals surface area contributed by atoms with Crippen molar-refractivity contribution in [3.05, 3.63) is 76.3 Å². The summed E-state index contributed by atoms with van der Waals surface area (Å²) in [5.74, 6) is -1.40. The zero-order valence-electron chi connectivity index (χ0n) is 22.0. The van der Waals surface area contributed by atoms with E-state index < -0.39 is 11.8 Å². The molecular weight excluding hydrogens is 524 g/mol. The topological polar surface area (TPSA) is 127 Å². The highest BCUT2D eigenvalue weighted by Gasteiger charge is 2.16. The molecule has 0 fully saturated rings. The number of hydrogen-bond acceptors (Lipinski definition) is 7. The highest BCUT2D eigenvalue weighted by Crippen LogP contribution is 2.36. The molecule has 10 nitrogen and oxygen atoms in total. The first kappa shape index (κ1) is 29.0. The SMILES string of the molecule is CCOc1ccccc1NC(=O)C(=O)N/N=C\c1cc(Cl)c(OCC(=O)Nc2ccc(C)cc2C)c(OC)c1. The molecule has 0 aromatic heterocycles. The summed E-state index contributed by atoms with van der Waals surface area (Å²) in [6.07, 6.45) is 1.28. The number of ether oxygens (including phenoxy) is 3. The van der Waals surface area contributed by atoms with Gasteiger partial charge in [0.05, 0.1) is 30.6 Å². The predicted octanol–water partition coefficient (Wildman–Crippen LogP) is 4.47. The van der Waals surface area contributed by atoms with Gasteiger partial charge in [-0.2, -0.15) is 5.10 Å². The smallest absolute Gasteiger partial charge is 0.329 e. The van der Waals surface area contributed by atoms with Crippen LogP contribution in [0.15, 0.2) is 59.7 Å². The number of rotatable bonds is 10. The summed E-state index contributed by atoms with van der Waals surface area (Å²) in [5.41, 5.74) is 5.68. The van der Waals surface area contributed by atoms with Gasteiger partial charge in [0, 0.05) is 5.69 Å². The summed E-state index contributed by atoms with van der Waals surface area (Å²) in [6.45, 7) is 5.79. The molecular formula is C28H29ClN4O6. The monoisotopic (exact) mass is 552 g/mol. The molecule has 3 aromatic carbocycles. The third kappa shape index (κ3) is 8.21. The molecule has 204 valence electrons. The highest BCUT2D eigenvalue weighted by atomic mass is 35.5. The van der Waals surface area contributed by atoms with Crippen LogP contribution in [0.3, 0.4) is 0 Å². The van der Waals surface area contributed by atoms with Gasteiger partial charge in [-0.15, -0.1) is 0 Å². The van der Waals surface area contributed by atoms with Crippen molar-refractivity contribution in [3.8, 4) is 17.2 Å². The van der Waals surface area contributed by atoms with Gasteiger partial charge < -0.3 is 24.8 Å². The summed E-state index contributed by atoms with van der Waals surface area (Å²) < 4.78 is 16.4. The van der Waals surface area contributed by atoms with Gasteiger partial charge in [-0.3, -0.25) is 14.4 Å². The quantitative estimate of drug-likeness (QED) is 0.193. The Bertz CT molecular complexity index is 1390. The Morgan fingerprint density at radius 3 is 2.41 bits per heavy atom. The number of carbonyl (C=O) groups excluding carboxylic acids is 3. The van der Waals surface area contributed by atoms with Gasteiger partial charge in [0.2, 0.25) is 0 Å². The van der Waals surface area contributed by atoms with E-state index in [0.717, 1.165) is 11.1 Å². The number of nitrogens with zero attached hydrogens (tertiary/aromatic N) is 1. The summed E-state index contributed by atoms with van der Waals surface area (Å²) in [6, 6.07) is 15.5. The van der Waals surface area contributed by atoms with Crippen molar-refractivity contribution in [1.82, 2.24) is 5.43 Å². The molecule has 3 rings (SSSR count). The molecule has 0 saturated heterocycles. The van der Waals surface area contributed by atoms with Crippen LogP contribution in [0.4, 0.5) is 11.4 Å². The van der Waals surface area contributed by atoms with Crippen LogP contribution in [0.2, 0.25) is 5.02 Å². The lowest BCUT2D eigenvalue weighted by molar-refractivity contribution is -0.136. The third-order valence-corrected chi connectivity index (χ3v) is 5.56.